The molecule has 0 saturated heterocycles. The van der Waals surface area contributed by atoms with Gasteiger partial charge >= 0.3 is 0 Å². The number of amides is 1. The van der Waals surface area contributed by atoms with Crippen LogP contribution < -0.4 is 10.6 Å². The molecule has 1 heterocycles. The monoisotopic (exact) mass is 354 g/mol. The minimum atomic E-state index is -0.330. The fraction of sp³-hybridized carbons (Fsp3) is 0.438. The molecule has 7 nitrogen and oxygen atoms in total. The number of hydrogen-bond donors (Lipinski definition) is 2. The molecule has 1 amide bonds. The molecule has 1 unspecified atom stereocenters. The van der Waals surface area contributed by atoms with Crippen molar-refractivity contribution < 1.29 is 14.1 Å². The number of ether oxygens (including phenoxy) is 1. The lowest BCUT2D eigenvalue weighted by molar-refractivity contribution is -0.121. The minimum Gasteiger partial charge on any atom is -0.383 e. The van der Waals surface area contributed by atoms with Crippen LogP contribution in [0.3, 0.4) is 0 Å². The maximum absolute atomic E-state index is 11.8. The van der Waals surface area contributed by atoms with Crippen LogP contribution in [-0.2, 0) is 16.0 Å². The molecule has 1 aromatic carbocycles. The molecule has 0 fully saturated rings. The second kappa shape index (κ2) is 10.7. The maximum Gasteiger partial charge on any atom is 0.248 e. The Morgan fingerprint density at radius 1 is 1.33 bits per heavy atom. The largest absolute Gasteiger partial charge is 0.383 e. The zero-order valence-electron chi connectivity index (χ0n) is 13.8. The van der Waals surface area contributed by atoms with Crippen molar-refractivity contribution in [3.05, 3.63) is 47.6 Å². The lowest BCUT2D eigenvalue weighted by Crippen LogP contribution is -2.36. The summed E-state index contributed by atoms with van der Waals surface area (Å²) in [5, 5.41) is 9.75. The Labute approximate surface area is 147 Å². The number of carbonyl (C=O) groups excluding carboxylic acids is 1. The van der Waals surface area contributed by atoms with Gasteiger partial charge in [0.2, 0.25) is 11.8 Å². The molecule has 0 bridgehead atoms. The van der Waals surface area contributed by atoms with E-state index >= 15 is 0 Å². The normalized spacial score (nSPS) is 11.6. The molecule has 132 valence electrons. The van der Waals surface area contributed by atoms with Gasteiger partial charge in [-0.2, -0.15) is 4.98 Å². The first-order valence-corrected chi connectivity index (χ1v) is 7.54. The van der Waals surface area contributed by atoms with Crippen LogP contribution in [0, 0.1) is 0 Å². The topological polar surface area (TPSA) is 89.3 Å². The molecule has 1 atom stereocenters. The summed E-state index contributed by atoms with van der Waals surface area (Å²) >= 11 is 0. The first kappa shape index (κ1) is 20.1. The number of nitrogens with zero attached hydrogens (tertiary/aromatic N) is 2. The van der Waals surface area contributed by atoms with Gasteiger partial charge in [0, 0.05) is 20.1 Å². The zero-order valence-corrected chi connectivity index (χ0v) is 14.6. The van der Waals surface area contributed by atoms with Gasteiger partial charge in [-0.25, -0.2) is 0 Å². The van der Waals surface area contributed by atoms with Gasteiger partial charge in [0.25, 0.3) is 0 Å². The Hall–Kier alpha value is -1.96. The van der Waals surface area contributed by atoms with Crippen LogP contribution in [0.4, 0.5) is 0 Å². The van der Waals surface area contributed by atoms with Gasteiger partial charge in [0.1, 0.15) is 6.04 Å². The number of halogens is 1. The Morgan fingerprint density at radius 3 is 2.79 bits per heavy atom. The van der Waals surface area contributed by atoms with Gasteiger partial charge in [0.15, 0.2) is 5.82 Å². The van der Waals surface area contributed by atoms with Crippen LogP contribution in [-0.4, -0.2) is 42.9 Å². The third-order valence-corrected chi connectivity index (χ3v) is 3.21. The van der Waals surface area contributed by atoms with Crippen LogP contribution in [0.5, 0.6) is 0 Å². The van der Waals surface area contributed by atoms with E-state index in [1.165, 1.54) is 0 Å². The average Bonchev–Trinajstić information content (AvgIpc) is 3.01. The first-order chi connectivity index (χ1) is 11.2. The lowest BCUT2D eigenvalue weighted by atomic mass is 10.1. The van der Waals surface area contributed by atoms with Crippen molar-refractivity contribution >= 4 is 18.3 Å². The summed E-state index contributed by atoms with van der Waals surface area (Å²) in [5.74, 6) is 0.878. The van der Waals surface area contributed by atoms with E-state index < -0.39 is 0 Å². The van der Waals surface area contributed by atoms with E-state index in [2.05, 4.69) is 20.8 Å². The summed E-state index contributed by atoms with van der Waals surface area (Å²) in [6.45, 7) is 3.22. The first-order valence-electron chi connectivity index (χ1n) is 7.54. The van der Waals surface area contributed by atoms with Crippen LogP contribution >= 0.6 is 12.4 Å². The molecule has 2 N–H and O–H groups in total. The number of carbonyl (C=O) groups is 1. The highest BCUT2D eigenvalue weighted by Gasteiger charge is 2.16. The Kier molecular flexibility index (Phi) is 8.99. The van der Waals surface area contributed by atoms with E-state index in [4.69, 9.17) is 9.26 Å². The third-order valence-electron chi connectivity index (χ3n) is 3.21. The standard InChI is InChI=1S/C16H22N4O3.ClH/c1-12(18-15(21)11-17-8-9-22-2)16-19-14(20-23-16)10-13-6-4-3-5-7-13;/h3-7,12,17H,8-11H2,1-2H3,(H,18,21);1H. The van der Waals surface area contributed by atoms with Crippen molar-refractivity contribution in [3.63, 3.8) is 0 Å². The zero-order chi connectivity index (χ0) is 16.5. The van der Waals surface area contributed by atoms with Gasteiger partial charge in [-0.3, -0.25) is 4.79 Å². The lowest BCUT2D eigenvalue weighted by Gasteiger charge is -2.10. The molecule has 0 saturated carbocycles. The molecule has 0 aliphatic carbocycles. The van der Waals surface area contributed by atoms with E-state index in [0.29, 0.717) is 31.3 Å². The molecule has 2 aromatic rings. The van der Waals surface area contributed by atoms with Crippen molar-refractivity contribution in [1.82, 2.24) is 20.8 Å². The van der Waals surface area contributed by atoms with Crippen LogP contribution in [0.15, 0.2) is 34.9 Å². The molecular weight excluding hydrogens is 332 g/mol. The Morgan fingerprint density at radius 2 is 2.08 bits per heavy atom. The Balaban J connectivity index is 0.00000288. The van der Waals surface area contributed by atoms with E-state index in [0.717, 1.165) is 5.56 Å². The summed E-state index contributed by atoms with van der Waals surface area (Å²) in [4.78, 5) is 16.1. The highest BCUT2D eigenvalue weighted by molar-refractivity contribution is 5.85. The van der Waals surface area contributed by atoms with Crippen LogP contribution in [0.1, 0.15) is 30.2 Å². The summed E-state index contributed by atoms with van der Waals surface area (Å²) in [7, 11) is 1.62. The average molecular weight is 355 g/mol. The third kappa shape index (κ3) is 6.66. The second-order valence-corrected chi connectivity index (χ2v) is 5.17. The number of methoxy groups -OCH3 is 1. The molecule has 0 aliphatic rings. The number of nitrogens with one attached hydrogen (secondary N) is 2. The van der Waals surface area contributed by atoms with Crippen LogP contribution in [0.2, 0.25) is 0 Å². The molecule has 2 rings (SSSR count). The Bertz CT molecular complexity index is 606. The smallest absolute Gasteiger partial charge is 0.248 e. The summed E-state index contributed by atoms with van der Waals surface area (Å²) in [5.41, 5.74) is 1.11. The van der Waals surface area contributed by atoms with E-state index in [9.17, 15) is 4.79 Å². The van der Waals surface area contributed by atoms with Crippen molar-refractivity contribution in [3.8, 4) is 0 Å². The summed E-state index contributed by atoms with van der Waals surface area (Å²) in [6, 6.07) is 9.58. The molecule has 1 aromatic heterocycles. The summed E-state index contributed by atoms with van der Waals surface area (Å²) < 4.78 is 10.1. The SMILES string of the molecule is COCCNCC(=O)NC(C)c1nc(Cc2ccccc2)no1.Cl. The predicted octanol–water partition coefficient (Wildman–Crippen LogP) is 1.50. The molecular formula is C16H23ClN4O3. The highest BCUT2D eigenvalue weighted by atomic mass is 35.5. The fourth-order valence-electron chi connectivity index (χ4n) is 2.02. The van der Waals surface area contributed by atoms with Gasteiger partial charge in [0.05, 0.1) is 13.2 Å². The molecule has 0 radical (unpaired) electrons. The van der Waals surface area contributed by atoms with E-state index in [1.54, 1.807) is 7.11 Å². The molecule has 0 spiro atoms. The maximum atomic E-state index is 11.8. The fourth-order valence-corrected chi connectivity index (χ4v) is 2.02. The summed E-state index contributed by atoms with van der Waals surface area (Å²) in [6.07, 6.45) is 0.601. The van der Waals surface area contributed by atoms with E-state index in [-0.39, 0.29) is 30.9 Å². The second-order valence-electron chi connectivity index (χ2n) is 5.17. The van der Waals surface area contributed by atoms with Crippen molar-refractivity contribution in [1.29, 1.82) is 0 Å². The minimum absolute atomic E-state index is 0. The molecule has 24 heavy (non-hydrogen) atoms. The quantitative estimate of drug-likeness (QED) is 0.663. The van der Waals surface area contributed by atoms with Crippen molar-refractivity contribution in [2.24, 2.45) is 0 Å². The predicted molar refractivity (Wildman–Crippen MR) is 92.1 cm³/mol. The number of aromatic nitrogens is 2. The molecule has 0 aliphatic heterocycles. The van der Waals surface area contributed by atoms with Crippen molar-refractivity contribution in [2.75, 3.05) is 26.8 Å². The van der Waals surface area contributed by atoms with Gasteiger partial charge in [-0.1, -0.05) is 35.5 Å². The van der Waals surface area contributed by atoms with E-state index in [1.807, 2.05) is 37.3 Å². The highest BCUT2D eigenvalue weighted by Crippen LogP contribution is 2.12. The van der Waals surface area contributed by atoms with Crippen molar-refractivity contribution in [2.45, 2.75) is 19.4 Å². The number of benzene rings is 1. The van der Waals surface area contributed by atoms with Gasteiger partial charge in [-0.15, -0.1) is 12.4 Å². The number of hydrogen-bond acceptors (Lipinski definition) is 6. The number of rotatable bonds is 9. The van der Waals surface area contributed by atoms with Gasteiger partial charge < -0.3 is 19.9 Å². The van der Waals surface area contributed by atoms with Crippen LogP contribution in [0.25, 0.3) is 0 Å². The van der Waals surface area contributed by atoms with Gasteiger partial charge in [-0.05, 0) is 12.5 Å². The molecule has 8 heteroatoms.